The minimum absolute atomic E-state index is 0.112. The highest BCUT2D eigenvalue weighted by Crippen LogP contribution is 2.30. The molecular formula is C23H20N2O3S2. The van der Waals surface area contributed by atoms with E-state index in [4.69, 9.17) is 9.72 Å². The maximum atomic E-state index is 12.8. The second kappa shape index (κ2) is 8.30. The number of hydrogen-bond donors (Lipinski definition) is 1. The van der Waals surface area contributed by atoms with Crippen LogP contribution >= 0.6 is 11.3 Å². The lowest BCUT2D eigenvalue weighted by Gasteiger charge is -2.12. The van der Waals surface area contributed by atoms with Gasteiger partial charge in [-0.2, -0.15) is 0 Å². The molecule has 5 nitrogen and oxygen atoms in total. The van der Waals surface area contributed by atoms with Crippen LogP contribution in [0.3, 0.4) is 0 Å². The zero-order valence-corrected chi connectivity index (χ0v) is 18.1. The number of ether oxygens (including phenoxy) is 1. The van der Waals surface area contributed by atoms with Crippen LogP contribution in [0.1, 0.15) is 5.56 Å². The Bertz CT molecular complexity index is 1270. The highest BCUT2D eigenvalue weighted by Gasteiger charge is 2.20. The number of anilines is 1. The van der Waals surface area contributed by atoms with Gasteiger partial charge in [-0.3, -0.25) is 4.72 Å². The second-order valence-electron chi connectivity index (χ2n) is 6.74. The van der Waals surface area contributed by atoms with Gasteiger partial charge in [-0.1, -0.05) is 48.5 Å². The molecule has 0 aliphatic carbocycles. The number of rotatable bonds is 6. The van der Waals surface area contributed by atoms with Gasteiger partial charge < -0.3 is 4.74 Å². The summed E-state index contributed by atoms with van der Waals surface area (Å²) in [7, 11) is -2.32. The van der Waals surface area contributed by atoms with Gasteiger partial charge in [-0.05, 0) is 36.8 Å². The van der Waals surface area contributed by atoms with Gasteiger partial charge in [-0.25, -0.2) is 13.4 Å². The van der Waals surface area contributed by atoms with Crippen molar-refractivity contribution in [2.75, 3.05) is 11.8 Å². The quantitative estimate of drug-likeness (QED) is 0.427. The molecule has 0 atom stereocenters. The molecule has 3 aromatic carbocycles. The molecule has 0 bridgehead atoms. The molecule has 0 aliphatic heterocycles. The summed E-state index contributed by atoms with van der Waals surface area (Å²) in [6, 6.07) is 22.2. The van der Waals surface area contributed by atoms with Crippen molar-refractivity contribution in [1.29, 1.82) is 0 Å². The molecule has 30 heavy (non-hydrogen) atoms. The van der Waals surface area contributed by atoms with E-state index in [2.05, 4.69) is 4.72 Å². The number of aromatic nitrogens is 1. The van der Waals surface area contributed by atoms with Crippen molar-refractivity contribution in [3.05, 3.63) is 83.7 Å². The van der Waals surface area contributed by atoms with Crippen molar-refractivity contribution in [3.63, 3.8) is 0 Å². The molecular weight excluding hydrogens is 416 g/mol. The molecule has 1 aromatic heterocycles. The topological polar surface area (TPSA) is 68.3 Å². The standard InChI is InChI=1S/C23H20N2O3S2/c1-16-8-13-21(28-2)22(14-16)30(26,27)25-19-11-9-17(10-12-19)20-15-29-23(24-20)18-6-4-3-5-7-18/h3-15,25H,1-2H3. The van der Waals surface area contributed by atoms with Crippen LogP contribution < -0.4 is 9.46 Å². The van der Waals surface area contributed by atoms with Crippen LogP contribution in [-0.2, 0) is 10.0 Å². The Labute approximate surface area is 180 Å². The zero-order chi connectivity index (χ0) is 21.1. The zero-order valence-electron chi connectivity index (χ0n) is 16.5. The lowest BCUT2D eigenvalue weighted by atomic mass is 10.1. The van der Waals surface area contributed by atoms with Gasteiger partial charge in [0.15, 0.2) is 0 Å². The number of nitrogens with one attached hydrogen (secondary N) is 1. The molecule has 0 aliphatic rings. The fourth-order valence-electron chi connectivity index (χ4n) is 3.03. The number of sulfonamides is 1. The van der Waals surface area contributed by atoms with Crippen LogP contribution in [-0.4, -0.2) is 20.5 Å². The van der Waals surface area contributed by atoms with E-state index < -0.39 is 10.0 Å². The third kappa shape index (κ3) is 4.22. The van der Waals surface area contributed by atoms with E-state index in [1.54, 1.807) is 35.6 Å². The van der Waals surface area contributed by atoms with Crippen molar-refractivity contribution >= 4 is 27.0 Å². The largest absolute Gasteiger partial charge is 0.495 e. The van der Waals surface area contributed by atoms with E-state index >= 15 is 0 Å². The first-order chi connectivity index (χ1) is 14.5. The first-order valence-electron chi connectivity index (χ1n) is 9.25. The minimum atomic E-state index is -3.78. The SMILES string of the molecule is COc1ccc(C)cc1S(=O)(=O)Nc1ccc(-c2csc(-c3ccccc3)n2)cc1. The number of aryl methyl sites for hydroxylation is 1. The van der Waals surface area contributed by atoms with Gasteiger partial charge in [0, 0.05) is 22.2 Å². The smallest absolute Gasteiger partial charge is 0.265 e. The predicted octanol–water partition coefficient (Wildman–Crippen LogP) is 5.59. The molecule has 4 rings (SSSR count). The van der Waals surface area contributed by atoms with E-state index in [-0.39, 0.29) is 4.90 Å². The van der Waals surface area contributed by atoms with E-state index in [1.807, 2.05) is 60.8 Å². The van der Waals surface area contributed by atoms with Gasteiger partial charge in [0.25, 0.3) is 10.0 Å². The third-order valence-corrected chi connectivity index (χ3v) is 6.86. The summed E-state index contributed by atoms with van der Waals surface area (Å²) in [6.45, 7) is 1.84. The van der Waals surface area contributed by atoms with Crippen LogP contribution in [0.15, 0.2) is 83.1 Å². The number of nitrogens with zero attached hydrogens (tertiary/aromatic N) is 1. The van der Waals surface area contributed by atoms with E-state index in [1.165, 1.54) is 7.11 Å². The van der Waals surface area contributed by atoms with Crippen molar-refractivity contribution in [1.82, 2.24) is 4.98 Å². The van der Waals surface area contributed by atoms with Gasteiger partial charge in [0.2, 0.25) is 0 Å². The third-order valence-electron chi connectivity index (χ3n) is 4.57. The van der Waals surface area contributed by atoms with Crippen molar-refractivity contribution in [2.45, 2.75) is 11.8 Å². The fraction of sp³-hybridized carbons (Fsp3) is 0.0870. The van der Waals surface area contributed by atoms with Crippen molar-refractivity contribution in [3.8, 4) is 27.6 Å². The van der Waals surface area contributed by atoms with Crippen LogP contribution in [0.4, 0.5) is 5.69 Å². The summed E-state index contributed by atoms with van der Waals surface area (Å²) in [5.74, 6) is 0.306. The molecule has 0 amide bonds. The summed E-state index contributed by atoms with van der Waals surface area (Å²) in [5, 5.41) is 2.95. The van der Waals surface area contributed by atoms with Crippen LogP contribution in [0, 0.1) is 6.92 Å². The molecule has 0 saturated heterocycles. The second-order valence-corrected chi connectivity index (χ2v) is 9.25. The average molecular weight is 437 g/mol. The Kier molecular flexibility index (Phi) is 5.57. The summed E-state index contributed by atoms with van der Waals surface area (Å²) in [5.41, 5.74) is 4.16. The highest BCUT2D eigenvalue weighted by molar-refractivity contribution is 7.92. The van der Waals surface area contributed by atoms with Gasteiger partial charge in [0.1, 0.15) is 15.7 Å². The van der Waals surface area contributed by atoms with Crippen molar-refractivity contribution in [2.24, 2.45) is 0 Å². The normalized spacial score (nSPS) is 11.3. The van der Waals surface area contributed by atoms with Crippen molar-refractivity contribution < 1.29 is 13.2 Å². The average Bonchev–Trinajstić information content (AvgIpc) is 3.25. The minimum Gasteiger partial charge on any atom is -0.495 e. The maximum absolute atomic E-state index is 12.8. The Morgan fingerprint density at radius 1 is 0.933 bits per heavy atom. The fourth-order valence-corrected chi connectivity index (χ4v) is 5.18. The molecule has 152 valence electrons. The van der Waals surface area contributed by atoms with E-state index in [0.717, 1.165) is 27.4 Å². The summed E-state index contributed by atoms with van der Waals surface area (Å²) in [4.78, 5) is 4.81. The van der Waals surface area contributed by atoms with E-state index in [9.17, 15) is 8.42 Å². The molecule has 7 heteroatoms. The molecule has 0 fully saturated rings. The lowest BCUT2D eigenvalue weighted by Crippen LogP contribution is -2.14. The molecule has 0 radical (unpaired) electrons. The molecule has 4 aromatic rings. The number of benzene rings is 3. The summed E-state index contributed by atoms with van der Waals surface area (Å²) >= 11 is 1.58. The number of methoxy groups -OCH3 is 1. The summed E-state index contributed by atoms with van der Waals surface area (Å²) < 4.78 is 33.5. The molecule has 0 unspecified atom stereocenters. The monoisotopic (exact) mass is 436 g/mol. The van der Waals surface area contributed by atoms with Crippen LogP contribution in [0.25, 0.3) is 21.8 Å². The first kappa shape index (κ1) is 20.1. The number of thiazole rings is 1. The molecule has 0 spiro atoms. The Morgan fingerprint density at radius 3 is 2.37 bits per heavy atom. The van der Waals surface area contributed by atoms with Gasteiger partial charge >= 0.3 is 0 Å². The first-order valence-corrected chi connectivity index (χ1v) is 11.6. The lowest BCUT2D eigenvalue weighted by molar-refractivity contribution is 0.402. The summed E-state index contributed by atoms with van der Waals surface area (Å²) in [6.07, 6.45) is 0. The van der Waals surface area contributed by atoms with Crippen LogP contribution in [0.5, 0.6) is 5.75 Å². The Balaban J connectivity index is 1.56. The van der Waals surface area contributed by atoms with E-state index in [0.29, 0.717) is 11.4 Å². The van der Waals surface area contributed by atoms with Gasteiger partial charge in [-0.15, -0.1) is 11.3 Å². The molecule has 0 saturated carbocycles. The van der Waals surface area contributed by atoms with Crippen LogP contribution in [0.2, 0.25) is 0 Å². The molecule has 1 heterocycles. The number of hydrogen-bond acceptors (Lipinski definition) is 5. The van der Waals surface area contributed by atoms with Gasteiger partial charge in [0.05, 0.1) is 12.8 Å². The Morgan fingerprint density at radius 2 is 1.67 bits per heavy atom. The predicted molar refractivity (Wildman–Crippen MR) is 122 cm³/mol. The highest BCUT2D eigenvalue weighted by atomic mass is 32.2. The maximum Gasteiger partial charge on any atom is 0.265 e. The Hall–Kier alpha value is -3.16. The molecule has 1 N–H and O–H groups in total.